The van der Waals surface area contributed by atoms with Crippen LogP contribution in [0.5, 0.6) is 0 Å². The lowest BCUT2D eigenvalue weighted by molar-refractivity contribution is 0.250. The van der Waals surface area contributed by atoms with Gasteiger partial charge in [0, 0.05) is 28.9 Å². The molecule has 4 heteroatoms. The third-order valence-corrected chi connectivity index (χ3v) is 3.71. The lowest BCUT2D eigenvalue weighted by atomic mass is 10.1. The van der Waals surface area contributed by atoms with E-state index in [1.165, 1.54) is 6.07 Å². The topological polar surface area (TPSA) is 46.2 Å². The maximum Gasteiger partial charge on any atom is 0.129 e. The summed E-state index contributed by atoms with van der Waals surface area (Å²) in [6, 6.07) is 4.68. The first-order chi connectivity index (χ1) is 7.56. The van der Waals surface area contributed by atoms with Crippen LogP contribution in [0.4, 0.5) is 4.39 Å². The van der Waals surface area contributed by atoms with Gasteiger partial charge in [0.25, 0.3) is 0 Å². The molecule has 2 nitrogen and oxygen atoms in total. The smallest absolute Gasteiger partial charge is 0.129 e. The van der Waals surface area contributed by atoms with Crippen molar-refractivity contribution in [2.45, 2.75) is 24.8 Å². The molecule has 0 aliphatic carbocycles. The maximum absolute atomic E-state index is 13.6. The van der Waals surface area contributed by atoms with Crippen molar-refractivity contribution in [1.29, 1.82) is 0 Å². The molecule has 0 aromatic heterocycles. The van der Waals surface area contributed by atoms with Crippen molar-refractivity contribution in [3.63, 3.8) is 0 Å². The Balaban J connectivity index is 2.83. The molecule has 3 N–H and O–H groups in total. The SMILES string of the molecule is CC(CO)CSc1cccc(F)c1[C@@H](C)N. The molecule has 2 atom stereocenters. The van der Waals surface area contributed by atoms with Crippen molar-refractivity contribution in [3.05, 3.63) is 29.6 Å². The fourth-order valence-electron chi connectivity index (χ4n) is 1.37. The van der Waals surface area contributed by atoms with Gasteiger partial charge in [-0.15, -0.1) is 11.8 Å². The fraction of sp³-hybridized carbons (Fsp3) is 0.500. The summed E-state index contributed by atoms with van der Waals surface area (Å²) in [5.41, 5.74) is 6.32. The molecule has 0 heterocycles. The van der Waals surface area contributed by atoms with Gasteiger partial charge in [-0.1, -0.05) is 13.0 Å². The van der Waals surface area contributed by atoms with Crippen LogP contribution in [0.15, 0.2) is 23.1 Å². The van der Waals surface area contributed by atoms with Gasteiger partial charge in [-0.2, -0.15) is 0 Å². The summed E-state index contributed by atoms with van der Waals surface area (Å²) in [5, 5.41) is 8.93. The highest BCUT2D eigenvalue weighted by molar-refractivity contribution is 7.99. The predicted octanol–water partition coefficient (Wildman–Crippen LogP) is 2.57. The lowest BCUT2D eigenvalue weighted by Crippen LogP contribution is -2.10. The summed E-state index contributed by atoms with van der Waals surface area (Å²) in [6.07, 6.45) is 0. The molecule has 0 fully saturated rings. The number of hydrogen-bond acceptors (Lipinski definition) is 3. The normalized spacial score (nSPS) is 14.8. The van der Waals surface area contributed by atoms with E-state index in [-0.39, 0.29) is 24.4 Å². The average molecular weight is 243 g/mol. The van der Waals surface area contributed by atoms with Crippen molar-refractivity contribution in [1.82, 2.24) is 0 Å². The molecule has 1 aromatic rings. The zero-order valence-electron chi connectivity index (χ0n) is 9.61. The Morgan fingerprint density at radius 2 is 2.12 bits per heavy atom. The molecule has 0 aliphatic rings. The van der Waals surface area contributed by atoms with Crippen LogP contribution in [0.2, 0.25) is 0 Å². The number of hydrogen-bond donors (Lipinski definition) is 2. The van der Waals surface area contributed by atoms with Gasteiger partial charge in [0.2, 0.25) is 0 Å². The number of halogens is 1. The molecule has 0 amide bonds. The zero-order valence-corrected chi connectivity index (χ0v) is 10.4. The van der Waals surface area contributed by atoms with E-state index < -0.39 is 0 Å². The Kier molecular flexibility index (Phi) is 5.25. The van der Waals surface area contributed by atoms with E-state index in [0.29, 0.717) is 5.56 Å². The first-order valence-corrected chi connectivity index (χ1v) is 6.32. The summed E-state index contributed by atoms with van der Waals surface area (Å²) >= 11 is 1.54. The van der Waals surface area contributed by atoms with Crippen LogP contribution in [0, 0.1) is 11.7 Å². The van der Waals surface area contributed by atoms with Crippen LogP contribution in [0.1, 0.15) is 25.5 Å². The fourth-order valence-corrected chi connectivity index (χ4v) is 2.55. The van der Waals surface area contributed by atoms with E-state index in [1.54, 1.807) is 24.8 Å². The van der Waals surface area contributed by atoms with Crippen molar-refractivity contribution < 1.29 is 9.50 Å². The van der Waals surface area contributed by atoms with Crippen molar-refractivity contribution >= 4 is 11.8 Å². The van der Waals surface area contributed by atoms with Crippen molar-refractivity contribution in [3.8, 4) is 0 Å². The summed E-state index contributed by atoms with van der Waals surface area (Å²) in [7, 11) is 0. The molecule has 0 saturated carbocycles. The van der Waals surface area contributed by atoms with E-state index in [2.05, 4.69) is 0 Å². The van der Waals surface area contributed by atoms with Gasteiger partial charge in [-0.3, -0.25) is 0 Å². The van der Waals surface area contributed by atoms with E-state index in [4.69, 9.17) is 10.8 Å². The average Bonchev–Trinajstić information content (AvgIpc) is 2.25. The largest absolute Gasteiger partial charge is 0.396 e. The van der Waals surface area contributed by atoms with Gasteiger partial charge < -0.3 is 10.8 Å². The molecular weight excluding hydrogens is 225 g/mol. The quantitative estimate of drug-likeness (QED) is 0.781. The molecule has 1 aromatic carbocycles. The molecule has 0 bridgehead atoms. The van der Waals surface area contributed by atoms with Gasteiger partial charge in [0.1, 0.15) is 5.82 Å². The summed E-state index contributed by atoms with van der Waals surface area (Å²) < 4.78 is 13.6. The van der Waals surface area contributed by atoms with Gasteiger partial charge in [0.05, 0.1) is 0 Å². The number of nitrogens with two attached hydrogens (primary N) is 1. The zero-order chi connectivity index (χ0) is 12.1. The number of benzene rings is 1. The highest BCUT2D eigenvalue weighted by Gasteiger charge is 2.13. The molecule has 0 aliphatic heterocycles. The van der Waals surface area contributed by atoms with Crippen molar-refractivity contribution in [2.75, 3.05) is 12.4 Å². The van der Waals surface area contributed by atoms with Crippen LogP contribution in [-0.2, 0) is 0 Å². The summed E-state index contributed by atoms with van der Waals surface area (Å²) in [4.78, 5) is 0.871. The van der Waals surface area contributed by atoms with E-state index >= 15 is 0 Å². The van der Waals surface area contributed by atoms with Crippen LogP contribution < -0.4 is 5.73 Å². The monoisotopic (exact) mass is 243 g/mol. The second-order valence-electron chi connectivity index (χ2n) is 4.04. The molecule has 16 heavy (non-hydrogen) atoms. The highest BCUT2D eigenvalue weighted by Crippen LogP contribution is 2.29. The van der Waals surface area contributed by atoms with Crippen LogP contribution >= 0.6 is 11.8 Å². The van der Waals surface area contributed by atoms with Gasteiger partial charge >= 0.3 is 0 Å². The minimum Gasteiger partial charge on any atom is -0.396 e. The van der Waals surface area contributed by atoms with Gasteiger partial charge in [0.15, 0.2) is 0 Å². The van der Waals surface area contributed by atoms with Crippen molar-refractivity contribution in [2.24, 2.45) is 11.7 Å². The Labute approximate surface area is 100 Å². The summed E-state index contributed by atoms with van der Waals surface area (Å²) in [6.45, 7) is 3.88. The van der Waals surface area contributed by atoms with Crippen LogP contribution in [0.3, 0.4) is 0 Å². The number of rotatable bonds is 5. The van der Waals surface area contributed by atoms with Crippen LogP contribution in [-0.4, -0.2) is 17.5 Å². The second kappa shape index (κ2) is 6.23. The second-order valence-corrected chi connectivity index (χ2v) is 5.10. The Hall–Kier alpha value is -0.580. The molecule has 0 spiro atoms. The van der Waals surface area contributed by atoms with Gasteiger partial charge in [-0.05, 0) is 25.0 Å². The van der Waals surface area contributed by atoms with E-state index in [9.17, 15) is 4.39 Å². The van der Waals surface area contributed by atoms with Gasteiger partial charge in [-0.25, -0.2) is 4.39 Å². The molecule has 90 valence electrons. The molecule has 0 saturated heterocycles. The standard InChI is InChI=1S/C12H18FNOS/c1-8(6-15)7-16-11-5-3-4-10(13)12(11)9(2)14/h3-5,8-9,15H,6-7,14H2,1-2H3/t8?,9-/m1/s1. The number of thioether (sulfide) groups is 1. The first-order valence-electron chi connectivity index (χ1n) is 5.34. The Morgan fingerprint density at radius 1 is 1.44 bits per heavy atom. The molecular formula is C12H18FNOS. The van der Waals surface area contributed by atoms with E-state index in [0.717, 1.165) is 10.6 Å². The van der Waals surface area contributed by atoms with Crippen LogP contribution in [0.25, 0.3) is 0 Å². The van der Waals surface area contributed by atoms with E-state index in [1.807, 2.05) is 13.0 Å². The third-order valence-electron chi connectivity index (χ3n) is 2.30. The summed E-state index contributed by atoms with van der Waals surface area (Å²) in [5.74, 6) is 0.713. The Bertz CT molecular complexity index is 344. The lowest BCUT2D eigenvalue weighted by Gasteiger charge is -2.14. The highest BCUT2D eigenvalue weighted by atomic mass is 32.2. The molecule has 0 radical (unpaired) electrons. The Morgan fingerprint density at radius 3 is 2.69 bits per heavy atom. The minimum absolute atomic E-state index is 0.149. The number of aliphatic hydroxyl groups excluding tert-OH is 1. The first kappa shape index (κ1) is 13.5. The maximum atomic E-state index is 13.6. The minimum atomic E-state index is -0.312. The number of aliphatic hydroxyl groups is 1. The molecule has 1 rings (SSSR count). The molecule has 1 unspecified atom stereocenters. The third kappa shape index (κ3) is 3.47. The predicted molar refractivity (Wildman–Crippen MR) is 66.0 cm³/mol.